The van der Waals surface area contributed by atoms with Crippen molar-refractivity contribution in [3.8, 4) is 0 Å². The summed E-state index contributed by atoms with van der Waals surface area (Å²) in [6.45, 7) is 7.02. The van der Waals surface area contributed by atoms with Crippen LogP contribution in [0.15, 0.2) is 23.0 Å². The Balaban J connectivity index is 2.04. The van der Waals surface area contributed by atoms with Gasteiger partial charge >= 0.3 is 0 Å². The highest BCUT2D eigenvalue weighted by Gasteiger charge is 2.30. The van der Waals surface area contributed by atoms with Crippen LogP contribution in [0.5, 0.6) is 0 Å². The fourth-order valence-electron chi connectivity index (χ4n) is 2.24. The lowest BCUT2D eigenvalue weighted by Gasteiger charge is -2.38. The molecule has 3 N–H and O–H groups in total. The first-order valence-electron chi connectivity index (χ1n) is 6.06. The van der Waals surface area contributed by atoms with Gasteiger partial charge in [-0.2, -0.15) is 0 Å². The molecule has 0 spiro atoms. The second kappa shape index (κ2) is 5.64. The zero-order valence-corrected chi connectivity index (χ0v) is 10.4. The largest absolute Gasteiger partial charge is 0.472 e. The summed E-state index contributed by atoms with van der Waals surface area (Å²) in [5.41, 5.74) is 3.85. The highest BCUT2D eigenvalue weighted by molar-refractivity contribution is 5.13. The highest BCUT2D eigenvalue weighted by Crippen LogP contribution is 2.22. The topological polar surface area (TPSA) is 63.7 Å². The second-order valence-corrected chi connectivity index (χ2v) is 4.70. The number of nitrogens with zero attached hydrogens (tertiary/aromatic N) is 1. The molecule has 17 heavy (non-hydrogen) atoms. The molecule has 2 rings (SSSR count). The summed E-state index contributed by atoms with van der Waals surface area (Å²) in [6, 6.07) is 2.43. The number of rotatable bonds is 4. The molecule has 1 aliphatic rings. The number of hydrogen-bond donors (Lipinski definition) is 2. The Labute approximate surface area is 102 Å². The van der Waals surface area contributed by atoms with Gasteiger partial charge in [-0.15, -0.1) is 0 Å². The molecule has 0 aliphatic carbocycles. The molecule has 0 bridgehead atoms. The van der Waals surface area contributed by atoms with Gasteiger partial charge in [-0.1, -0.05) is 0 Å². The van der Waals surface area contributed by atoms with Crippen LogP contribution in [0.2, 0.25) is 0 Å². The Morgan fingerprint density at radius 3 is 2.94 bits per heavy atom. The van der Waals surface area contributed by atoms with E-state index in [0.717, 1.165) is 25.3 Å². The maximum atomic E-state index is 5.81. The first-order chi connectivity index (χ1) is 8.22. The van der Waals surface area contributed by atoms with Crippen molar-refractivity contribution >= 4 is 0 Å². The summed E-state index contributed by atoms with van der Waals surface area (Å²) >= 11 is 0. The van der Waals surface area contributed by atoms with Gasteiger partial charge in [-0.3, -0.25) is 16.2 Å². The van der Waals surface area contributed by atoms with Gasteiger partial charge in [0, 0.05) is 24.7 Å². The normalized spacial score (nSPS) is 24.1. The van der Waals surface area contributed by atoms with Crippen LogP contribution in [0.1, 0.15) is 25.5 Å². The second-order valence-electron chi connectivity index (χ2n) is 4.70. The van der Waals surface area contributed by atoms with Crippen LogP contribution < -0.4 is 11.3 Å². The molecule has 0 radical (unpaired) electrons. The third kappa shape index (κ3) is 2.87. The van der Waals surface area contributed by atoms with Gasteiger partial charge in [0.1, 0.15) is 0 Å². The van der Waals surface area contributed by atoms with Gasteiger partial charge in [-0.25, -0.2) is 0 Å². The van der Waals surface area contributed by atoms with Crippen molar-refractivity contribution in [3.63, 3.8) is 0 Å². The van der Waals surface area contributed by atoms with Crippen molar-refractivity contribution < 1.29 is 9.15 Å². The van der Waals surface area contributed by atoms with Crippen molar-refractivity contribution in [1.82, 2.24) is 10.3 Å². The van der Waals surface area contributed by atoms with E-state index < -0.39 is 0 Å². The quantitative estimate of drug-likeness (QED) is 0.603. The van der Waals surface area contributed by atoms with Crippen LogP contribution in [0.25, 0.3) is 0 Å². The molecular weight excluding hydrogens is 218 g/mol. The number of nitrogens with two attached hydrogens (primary N) is 1. The van der Waals surface area contributed by atoms with Crippen LogP contribution in [0.3, 0.4) is 0 Å². The summed E-state index contributed by atoms with van der Waals surface area (Å²) in [5, 5.41) is 0. The van der Waals surface area contributed by atoms with E-state index in [9.17, 15) is 0 Å². The molecule has 1 aliphatic heterocycles. The number of ether oxygens (including phenoxy) is 1. The van der Waals surface area contributed by atoms with E-state index in [-0.39, 0.29) is 12.1 Å². The van der Waals surface area contributed by atoms with Gasteiger partial charge in [0.25, 0.3) is 0 Å². The molecule has 0 saturated carbocycles. The summed E-state index contributed by atoms with van der Waals surface area (Å²) in [7, 11) is 0. The summed E-state index contributed by atoms with van der Waals surface area (Å²) < 4.78 is 10.9. The van der Waals surface area contributed by atoms with E-state index in [1.54, 1.807) is 12.5 Å². The fraction of sp³-hybridized carbons (Fsp3) is 0.667. The molecule has 5 nitrogen and oxygen atoms in total. The molecule has 1 aromatic rings. The SMILES string of the molecule is CC(C)N1CCOC(C(NN)c2ccoc2)C1. The maximum Gasteiger partial charge on any atom is 0.0951 e. The molecule has 2 unspecified atom stereocenters. The van der Waals surface area contributed by atoms with Gasteiger partial charge < -0.3 is 9.15 Å². The van der Waals surface area contributed by atoms with Gasteiger partial charge in [0.2, 0.25) is 0 Å². The Kier molecular flexibility index (Phi) is 4.17. The Hall–Kier alpha value is -0.880. The van der Waals surface area contributed by atoms with Crippen molar-refractivity contribution in [2.45, 2.75) is 32.0 Å². The lowest BCUT2D eigenvalue weighted by molar-refractivity contribution is -0.0562. The smallest absolute Gasteiger partial charge is 0.0951 e. The third-order valence-electron chi connectivity index (χ3n) is 3.31. The van der Waals surface area contributed by atoms with Crippen LogP contribution in [-0.2, 0) is 4.74 Å². The summed E-state index contributed by atoms with van der Waals surface area (Å²) in [6.07, 6.45) is 3.43. The highest BCUT2D eigenvalue weighted by atomic mass is 16.5. The fourth-order valence-corrected chi connectivity index (χ4v) is 2.24. The van der Waals surface area contributed by atoms with Crippen molar-refractivity contribution in [1.29, 1.82) is 0 Å². The van der Waals surface area contributed by atoms with E-state index in [4.69, 9.17) is 15.0 Å². The van der Waals surface area contributed by atoms with E-state index in [0.29, 0.717) is 6.04 Å². The molecule has 2 heterocycles. The van der Waals surface area contributed by atoms with E-state index in [1.807, 2.05) is 6.07 Å². The minimum atomic E-state index is -0.0182. The third-order valence-corrected chi connectivity index (χ3v) is 3.31. The molecule has 1 saturated heterocycles. The molecule has 0 aromatic carbocycles. The van der Waals surface area contributed by atoms with Crippen LogP contribution in [-0.4, -0.2) is 36.7 Å². The van der Waals surface area contributed by atoms with Crippen LogP contribution in [0.4, 0.5) is 0 Å². The average molecular weight is 239 g/mol. The lowest BCUT2D eigenvalue weighted by Crippen LogP contribution is -2.51. The zero-order valence-electron chi connectivity index (χ0n) is 10.4. The van der Waals surface area contributed by atoms with Crippen molar-refractivity contribution in [2.75, 3.05) is 19.7 Å². The van der Waals surface area contributed by atoms with E-state index >= 15 is 0 Å². The molecule has 0 amide bonds. The molecule has 1 aromatic heterocycles. The minimum Gasteiger partial charge on any atom is -0.472 e. The number of morpholine rings is 1. The summed E-state index contributed by atoms with van der Waals surface area (Å²) in [5.74, 6) is 5.63. The standard InChI is InChI=1S/C12H21N3O2/c1-9(2)15-4-6-17-11(7-15)12(14-13)10-3-5-16-8-10/h3,5,8-9,11-12,14H,4,6-7,13H2,1-2H3. The average Bonchev–Trinajstić information content (AvgIpc) is 2.84. The van der Waals surface area contributed by atoms with Crippen molar-refractivity contribution in [2.24, 2.45) is 5.84 Å². The van der Waals surface area contributed by atoms with Gasteiger partial charge in [0.05, 0.1) is 31.3 Å². The molecular formula is C12H21N3O2. The first kappa shape index (κ1) is 12.6. The monoisotopic (exact) mass is 239 g/mol. The Bertz CT molecular complexity index is 327. The first-order valence-corrected chi connectivity index (χ1v) is 6.06. The minimum absolute atomic E-state index is 0.0182. The van der Waals surface area contributed by atoms with Crippen LogP contribution in [0, 0.1) is 0 Å². The van der Waals surface area contributed by atoms with Crippen molar-refractivity contribution in [3.05, 3.63) is 24.2 Å². The Morgan fingerprint density at radius 2 is 2.35 bits per heavy atom. The van der Waals surface area contributed by atoms with E-state index in [1.165, 1.54) is 0 Å². The molecule has 5 heteroatoms. The number of nitrogens with one attached hydrogen (secondary N) is 1. The predicted molar refractivity (Wildman–Crippen MR) is 65.2 cm³/mol. The number of hydrogen-bond acceptors (Lipinski definition) is 5. The predicted octanol–water partition coefficient (Wildman–Crippen LogP) is 0.893. The molecule has 96 valence electrons. The lowest BCUT2D eigenvalue weighted by atomic mass is 10.0. The summed E-state index contributed by atoms with van der Waals surface area (Å²) in [4.78, 5) is 2.40. The van der Waals surface area contributed by atoms with Crippen LogP contribution >= 0.6 is 0 Å². The van der Waals surface area contributed by atoms with Gasteiger partial charge in [-0.05, 0) is 19.9 Å². The molecule has 2 atom stereocenters. The number of furan rings is 1. The van der Waals surface area contributed by atoms with Gasteiger partial charge in [0.15, 0.2) is 0 Å². The number of hydrazine groups is 1. The zero-order chi connectivity index (χ0) is 12.3. The maximum absolute atomic E-state index is 5.81. The Morgan fingerprint density at radius 1 is 1.53 bits per heavy atom. The molecule has 1 fully saturated rings. The van der Waals surface area contributed by atoms with E-state index in [2.05, 4.69) is 24.2 Å².